The number of amides is 1. The van der Waals surface area contributed by atoms with Crippen molar-refractivity contribution in [2.75, 3.05) is 33.2 Å². The van der Waals surface area contributed by atoms with Gasteiger partial charge in [0, 0.05) is 24.0 Å². The summed E-state index contributed by atoms with van der Waals surface area (Å²) in [6.07, 6.45) is 4.59. The molecule has 0 spiro atoms. The van der Waals surface area contributed by atoms with Gasteiger partial charge >= 0.3 is 5.97 Å². The van der Waals surface area contributed by atoms with Crippen LogP contribution in [0.3, 0.4) is 0 Å². The van der Waals surface area contributed by atoms with Crippen LogP contribution in [0.2, 0.25) is 0 Å². The fraction of sp³-hybridized carbons (Fsp3) is 0.600. The molecule has 1 aliphatic heterocycles. The number of likely N-dealkylation sites (tertiary alicyclic amines) is 1. The maximum absolute atomic E-state index is 13.1. The molecule has 0 aliphatic carbocycles. The number of nitrogens with zero attached hydrogens (tertiary/aromatic N) is 3. The Balaban J connectivity index is 0.00000392. The van der Waals surface area contributed by atoms with E-state index in [-0.39, 0.29) is 36.9 Å². The van der Waals surface area contributed by atoms with Gasteiger partial charge < -0.3 is 10.0 Å². The Morgan fingerprint density at radius 2 is 2.18 bits per heavy atom. The zero-order chi connectivity index (χ0) is 19.8. The van der Waals surface area contributed by atoms with Crippen LogP contribution < -0.4 is 0 Å². The summed E-state index contributed by atoms with van der Waals surface area (Å²) in [6.45, 7) is 8.67. The molecule has 158 valence electrons. The highest BCUT2D eigenvalue weighted by Gasteiger charge is 2.29. The van der Waals surface area contributed by atoms with Gasteiger partial charge in [-0.1, -0.05) is 12.1 Å². The summed E-state index contributed by atoms with van der Waals surface area (Å²) < 4.78 is 0. The second-order valence-electron chi connectivity index (χ2n) is 7.19. The molecule has 2 rings (SSSR count). The molecule has 0 radical (unpaired) electrons. The number of carboxylic acid groups (broad SMARTS) is 1. The van der Waals surface area contributed by atoms with Crippen LogP contribution in [0.25, 0.3) is 0 Å². The lowest BCUT2D eigenvalue weighted by Gasteiger charge is -2.32. The van der Waals surface area contributed by atoms with Crippen LogP contribution >= 0.6 is 23.7 Å². The van der Waals surface area contributed by atoms with E-state index in [0.29, 0.717) is 13.1 Å². The van der Waals surface area contributed by atoms with Crippen LogP contribution in [0, 0.1) is 0 Å². The summed E-state index contributed by atoms with van der Waals surface area (Å²) in [5.74, 6) is -0.670. The summed E-state index contributed by atoms with van der Waals surface area (Å²) in [5, 5.41) is 11.0. The van der Waals surface area contributed by atoms with Gasteiger partial charge in [0.25, 0.3) is 0 Å². The second-order valence-corrected chi connectivity index (χ2v) is 8.22. The minimum Gasteiger partial charge on any atom is -0.480 e. The van der Waals surface area contributed by atoms with Crippen LogP contribution in [0.15, 0.2) is 30.2 Å². The first-order chi connectivity index (χ1) is 12.9. The average molecular weight is 430 g/mol. The van der Waals surface area contributed by atoms with Gasteiger partial charge in [0.05, 0.1) is 19.1 Å². The van der Waals surface area contributed by atoms with E-state index < -0.39 is 5.97 Å². The summed E-state index contributed by atoms with van der Waals surface area (Å²) >= 11 is 1.66. The lowest BCUT2D eigenvalue weighted by molar-refractivity contribution is -0.138. The molecule has 1 amide bonds. The summed E-state index contributed by atoms with van der Waals surface area (Å²) in [7, 11) is 1.87. The highest BCUT2D eigenvalue weighted by atomic mass is 35.5. The number of thiophene rings is 1. The number of hydrogen-bond acceptors (Lipinski definition) is 5. The number of halogens is 1. The lowest BCUT2D eigenvalue weighted by atomic mass is 10.1. The molecule has 1 N–H and O–H groups in total. The molecular formula is C20H32ClN3O3S. The Morgan fingerprint density at radius 3 is 2.79 bits per heavy atom. The van der Waals surface area contributed by atoms with Crippen LogP contribution in [0.4, 0.5) is 0 Å². The van der Waals surface area contributed by atoms with Crippen molar-refractivity contribution < 1.29 is 14.7 Å². The van der Waals surface area contributed by atoms with Crippen molar-refractivity contribution in [1.82, 2.24) is 14.7 Å². The Hall–Kier alpha value is -1.41. The van der Waals surface area contributed by atoms with Gasteiger partial charge in [-0.2, -0.15) is 0 Å². The topological polar surface area (TPSA) is 64.1 Å². The molecule has 8 heteroatoms. The third kappa shape index (κ3) is 7.20. The molecule has 1 aliphatic rings. The zero-order valence-electron chi connectivity index (χ0n) is 16.7. The fourth-order valence-electron chi connectivity index (χ4n) is 3.67. The van der Waals surface area contributed by atoms with E-state index in [0.717, 1.165) is 32.4 Å². The number of likely N-dealkylation sites (N-methyl/N-ethyl adjacent to an activating group) is 1. The molecule has 0 bridgehead atoms. The van der Waals surface area contributed by atoms with E-state index in [2.05, 4.69) is 11.5 Å². The first kappa shape index (κ1) is 24.6. The van der Waals surface area contributed by atoms with Gasteiger partial charge in [0.2, 0.25) is 5.91 Å². The van der Waals surface area contributed by atoms with E-state index in [4.69, 9.17) is 5.11 Å². The smallest absolute Gasteiger partial charge is 0.317 e. The van der Waals surface area contributed by atoms with Gasteiger partial charge in [-0.05, 0) is 51.2 Å². The minimum absolute atomic E-state index is 0. The quantitative estimate of drug-likeness (QED) is 0.611. The predicted octanol–water partition coefficient (Wildman–Crippen LogP) is 2.94. The Labute approximate surface area is 178 Å². The third-order valence-electron chi connectivity index (χ3n) is 5.23. The number of carbonyl (C=O) groups is 2. The van der Waals surface area contributed by atoms with E-state index >= 15 is 0 Å². The van der Waals surface area contributed by atoms with Crippen LogP contribution in [-0.4, -0.2) is 77.0 Å². The molecular weight excluding hydrogens is 398 g/mol. The Morgan fingerprint density at radius 1 is 1.43 bits per heavy atom. The maximum atomic E-state index is 13.1. The number of rotatable bonds is 9. The van der Waals surface area contributed by atoms with E-state index in [9.17, 15) is 9.59 Å². The van der Waals surface area contributed by atoms with Gasteiger partial charge in [-0.3, -0.25) is 19.4 Å². The van der Waals surface area contributed by atoms with Crippen molar-refractivity contribution in [3.05, 3.63) is 35.0 Å². The standard InChI is InChI=1S/C20H31N3O3S.ClH/c1-4-10-23(14-18-8-6-13-27-18)20(26)16(2)22-11-5-7-17(9-12-22)21(3)15-19(24)25;/h4,6,8,13,16-17H,1,5,7,9-12,14-15H2,2-3H3,(H,24,25);1H. The first-order valence-electron chi connectivity index (χ1n) is 9.50. The monoisotopic (exact) mass is 429 g/mol. The third-order valence-corrected chi connectivity index (χ3v) is 6.09. The van der Waals surface area contributed by atoms with Crippen molar-refractivity contribution in [3.63, 3.8) is 0 Å². The van der Waals surface area contributed by atoms with Crippen molar-refractivity contribution in [1.29, 1.82) is 0 Å². The highest BCUT2D eigenvalue weighted by Crippen LogP contribution is 2.19. The molecule has 1 aromatic rings. The number of carboxylic acids is 1. The summed E-state index contributed by atoms with van der Waals surface area (Å²) in [6, 6.07) is 4.12. The first-order valence-corrected chi connectivity index (χ1v) is 10.4. The van der Waals surface area contributed by atoms with Crippen LogP contribution in [0.1, 0.15) is 31.1 Å². The summed E-state index contributed by atoms with van der Waals surface area (Å²) in [4.78, 5) is 31.2. The normalized spacial score (nSPS) is 18.8. The maximum Gasteiger partial charge on any atom is 0.317 e. The van der Waals surface area contributed by atoms with Crippen molar-refractivity contribution in [2.24, 2.45) is 0 Å². The SMILES string of the molecule is C=CCN(Cc1cccs1)C(=O)C(C)N1CCCC(N(C)CC(=O)O)CC1.Cl. The number of hydrogen-bond donors (Lipinski definition) is 1. The molecule has 0 aromatic carbocycles. The fourth-order valence-corrected chi connectivity index (χ4v) is 4.39. The van der Waals surface area contributed by atoms with E-state index in [1.54, 1.807) is 17.4 Å². The minimum atomic E-state index is -0.796. The summed E-state index contributed by atoms with van der Waals surface area (Å²) in [5.41, 5.74) is 0. The lowest BCUT2D eigenvalue weighted by Crippen LogP contribution is -2.47. The zero-order valence-corrected chi connectivity index (χ0v) is 18.4. The average Bonchev–Trinajstić information content (AvgIpc) is 3.01. The van der Waals surface area contributed by atoms with E-state index in [1.807, 2.05) is 41.3 Å². The molecule has 2 heterocycles. The van der Waals surface area contributed by atoms with Crippen molar-refractivity contribution >= 4 is 35.6 Å². The number of carbonyl (C=O) groups excluding carboxylic acids is 1. The molecule has 28 heavy (non-hydrogen) atoms. The molecule has 1 saturated heterocycles. The molecule has 2 atom stereocenters. The molecule has 6 nitrogen and oxygen atoms in total. The largest absolute Gasteiger partial charge is 0.480 e. The second kappa shape index (κ2) is 12.2. The van der Waals surface area contributed by atoms with Gasteiger partial charge in [0.15, 0.2) is 0 Å². The van der Waals surface area contributed by atoms with Gasteiger partial charge in [-0.25, -0.2) is 0 Å². The molecule has 2 unspecified atom stereocenters. The highest BCUT2D eigenvalue weighted by molar-refractivity contribution is 7.09. The predicted molar refractivity (Wildman–Crippen MR) is 116 cm³/mol. The van der Waals surface area contributed by atoms with Crippen molar-refractivity contribution in [3.8, 4) is 0 Å². The molecule has 1 fully saturated rings. The Kier molecular flexibility index (Phi) is 10.7. The van der Waals surface area contributed by atoms with Crippen molar-refractivity contribution in [2.45, 2.75) is 44.8 Å². The number of aliphatic carboxylic acids is 1. The van der Waals surface area contributed by atoms with Gasteiger partial charge in [0.1, 0.15) is 0 Å². The van der Waals surface area contributed by atoms with Crippen LogP contribution in [-0.2, 0) is 16.1 Å². The van der Waals surface area contributed by atoms with Crippen LogP contribution in [0.5, 0.6) is 0 Å². The molecule has 0 saturated carbocycles. The van der Waals surface area contributed by atoms with E-state index in [1.165, 1.54) is 4.88 Å². The molecule has 1 aromatic heterocycles. The van der Waals surface area contributed by atoms with Gasteiger partial charge in [-0.15, -0.1) is 30.3 Å². The Bertz CT molecular complexity index is 626.